The molecule has 0 spiro atoms. The van der Waals surface area contributed by atoms with Crippen LogP contribution in [0.3, 0.4) is 0 Å². The van der Waals surface area contributed by atoms with Crippen molar-refractivity contribution in [3.8, 4) is 73.3 Å². The predicted molar refractivity (Wildman–Crippen MR) is 430 cm³/mol. The highest BCUT2D eigenvalue weighted by Crippen LogP contribution is 2.51. The van der Waals surface area contributed by atoms with Gasteiger partial charge in [-0.05, 0) is 156 Å². The third-order valence-corrected chi connectivity index (χ3v) is 27.5. The molecule has 1 fully saturated rings. The van der Waals surface area contributed by atoms with Gasteiger partial charge in [0.15, 0.2) is 12.1 Å². The van der Waals surface area contributed by atoms with E-state index >= 15 is 0 Å². The number of carboxylic acids is 1. The zero-order valence-electron chi connectivity index (χ0n) is 64.9. The van der Waals surface area contributed by atoms with Crippen LogP contribution in [0.2, 0.25) is 23.2 Å². The minimum atomic E-state index is -4.39. The molecule has 0 bridgehead atoms. The van der Waals surface area contributed by atoms with E-state index < -0.39 is 85.3 Å². The van der Waals surface area contributed by atoms with E-state index in [1.165, 1.54) is 49.0 Å². The Hall–Kier alpha value is -9.94. The number of thiophene rings is 1. The van der Waals surface area contributed by atoms with E-state index in [2.05, 4.69) is 43.8 Å². The zero-order chi connectivity index (χ0) is 80.4. The Labute approximate surface area is 667 Å². The Balaban J connectivity index is 0.872. The maximum atomic E-state index is 14.9. The third kappa shape index (κ3) is 18.7. The van der Waals surface area contributed by atoms with Gasteiger partial charge in [0.05, 0.1) is 41.8 Å². The standard InChI is InChI=1S/C86H90ClFN4O18S2Si/c1-52-22-37-67(38-23-52)112(95,96)106-49-66(48-105-86(57-19-15-14-16-20-57,58-26-32-62(97-6)33-27-58)59-28-34-63(98-7)35-29-59)107-70-41-39-68(53(2)75(70)87)73-74-81(90-51-91-82(74)111-79(73)54-24-30-60(88)31-25-54)108-71(83(93)94)46-56-45-65(110-113(12,13)85(3,4)5)36-40-69(56)104-47-61-42-43-89-80(92-61)55-18-17-21-64(44-55)103-50-72-76(99-8)77(100-9)78(101-10)84(102-11)109-72/h14-45,51,66,71-72,76-78,84H,46-50H2,1-13H3,(H,93,94)/t66?,71?,72-,76-,77+,78+,84+/m1/s1. The Bertz CT molecular complexity index is 5150. The first-order valence-corrected chi connectivity index (χ1v) is 41.9. The molecular formula is C86H90ClFN4O18S2Si. The number of hydrogen-bond donors (Lipinski definition) is 1. The molecule has 3 aromatic heterocycles. The molecule has 0 saturated carbocycles. The van der Waals surface area contributed by atoms with Crippen molar-refractivity contribution in [2.75, 3.05) is 62.5 Å². The van der Waals surface area contributed by atoms with Crippen LogP contribution in [-0.4, -0.2) is 153 Å². The lowest BCUT2D eigenvalue weighted by Crippen LogP contribution is -2.61. The van der Waals surface area contributed by atoms with E-state index in [9.17, 15) is 22.7 Å². The van der Waals surface area contributed by atoms with Crippen LogP contribution in [0.15, 0.2) is 205 Å². The Morgan fingerprint density at radius 1 is 0.664 bits per heavy atom. The Kier molecular flexibility index (Phi) is 26.3. The van der Waals surface area contributed by atoms with Gasteiger partial charge in [0.2, 0.25) is 20.3 Å². The van der Waals surface area contributed by atoms with Gasteiger partial charge in [0.25, 0.3) is 10.1 Å². The normalized spacial score (nSPS) is 16.6. The molecule has 1 aliphatic heterocycles. The van der Waals surface area contributed by atoms with Crippen molar-refractivity contribution >= 4 is 57.6 Å². The van der Waals surface area contributed by atoms with E-state index in [4.69, 9.17) is 87.0 Å². The van der Waals surface area contributed by atoms with Gasteiger partial charge in [0.1, 0.15) is 107 Å². The molecule has 27 heteroatoms. The summed E-state index contributed by atoms with van der Waals surface area (Å²) in [5, 5.41) is 11.6. The first kappa shape index (κ1) is 82.5. The van der Waals surface area contributed by atoms with Crippen molar-refractivity contribution < 1.29 is 88.2 Å². The summed E-state index contributed by atoms with van der Waals surface area (Å²) in [4.78, 5) is 33.8. The van der Waals surface area contributed by atoms with Crippen LogP contribution in [0.25, 0.3) is 43.2 Å². The van der Waals surface area contributed by atoms with Crippen LogP contribution < -0.4 is 32.8 Å². The fourth-order valence-electron chi connectivity index (χ4n) is 13.2. The minimum absolute atomic E-state index is 0.0636. The lowest BCUT2D eigenvalue weighted by atomic mass is 9.80. The van der Waals surface area contributed by atoms with E-state index in [0.29, 0.717) is 99.9 Å². The highest BCUT2D eigenvalue weighted by atomic mass is 35.5. The second-order valence-corrected chi connectivity index (χ2v) is 36.2. The number of halogens is 2. The molecule has 1 saturated heterocycles. The average molecular weight is 1610 g/mol. The average Bonchev–Trinajstić information content (AvgIpc) is 1.49. The molecule has 2 unspecified atom stereocenters. The number of nitrogens with zero attached hydrogens (tertiary/aromatic N) is 4. The van der Waals surface area contributed by atoms with Crippen LogP contribution in [0.1, 0.15) is 59.8 Å². The molecule has 0 aliphatic carbocycles. The van der Waals surface area contributed by atoms with Crippen molar-refractivity contribution in [3.05, 3.63) is 250 Å². The molecule has 7 atom stereocenters. The van der Waals surface area contributed by atoms with Crippen LogP contribution in [0, 0.1) is 19.7 Å². The van der Waals surface area contributed by atoms with Crippen molar-refractivity contribution in [2.45, 2.75) is 119 Å². The van der Waals surface area contributed by atoms with Crippen LogP contribution in [-0.2, 0) is 66.1 Å². The van der Waals surface area contributed by atoms with Crippen molar-refractivity contribution in [3.63, 3.8) is 0 Å². The maximum Gasteiger partial charge on any atom is 0.345 e. The smallest absolute Gasteiger partial charge is 0.345 e. The van der Waals surface area contributed by atoms with Crippen LogP contribution in [0.4, 0.5) is 4.39 Å². The highest BCUT2D eigenvalue weighted by Gasteiger charge is 2.48. The molecule has 11 aromatic rings. The van der Waals surface area contributed by atoms with Gasteiger partial charge in [-0.2, -0.15) is 8.42 Å². The minimum Gasteiger partial charge on any atom is -0.543 e. The molecule has 1 N–H and O–H groups in total. The second-order valence-electron chi connectivity index (χ2n) is 28.5. The van der Waals surface area contributed by atoms with Gasteiger partial charge >= 0.3 is 5.97 Å². The molecular weight excluding hydrogens is 1520 g/mol. The maximum absolute atomic E-state index is 14.9. The molecule has 0 amide bonds. The molecule has 4 heterocycles. The zero-order valence-corrected chi connectivity index (χ0v) is 68.3. The van der Waals surface area contributed by atoms with Gasteiger partial charge in [-0.3, -0.25) is 4.18 Å². The number of aryl methyl sites for hydroxylation is 1. The Morgan fingerprint density at radius 2 is 1.32 bits per heavy atom. The summed E-state index contributed by atoms with van der Waals surface area (Å²) in [6, 6.07) is 54.5. The number of benzene rings is 8. The molecule has 8 aromatic carbocycles. The number of fused-ring (bicyclic) bond motifs is 1. The monoisotopic (exact) mass is 1610 g/mol. The molecule has 22 nitrogen and oxygen atoms in total. The third-order valence-electron chi connectivity index (χ3n) is 20.2. The van der Waals surface area contributed by atoms with E-state index in [-0.39, 0.29) is 52.8 Å². The number of carboxylic acid groups (broad SMARTS) is 1. The van der Waals surface area contributed by atoms with E-state index in [1.54, 1.807) is 109 Å². The summed E-state index contributed by atoms with van der Waals surface area (Å²) < 4.78 is 130. The summed E-state index contributed by atoms with van der Waals surface area (Å²) in [6.45, 7) is 13.4. The number of methoxy groups -OCH3 is 6. The number of ether oxygens (including phenoxy) is 12. The largest absolute Gasteiger partial charge is 0.543 e. The van der Waals surface area contributed by atoms with Crippen molar-refractivity contribution in [1.82, 2.24) is 19.9 Å². The lowest BCUT2D eigenvalue weighted by molar-refractivity contribution is -0.305. The summed E-state index contributed by atoms with van der Waals surface area (Å²) in [6.07, 6.45) is -3.07. The molecule has 12 rings (SSSR count). The molecule has 0 radical (unpaired) electrons. The predicted octanol–water partition coefficient (Wildman–Crippen LogP) is 16.9. The lowest BCUT2D eigenvalue weighted by Gasteiger charge is -2.44. The summed E-state index contributed by atoms with van der Waals surface area (Å²) in [5.41, 5.74) is 5.25. The molecule has 113 heavy (non-hydrogen) atoms. The van der Waals surface area contributed by atoms with Gasteiger partial charge in [0, 0.05) is 62.6 Å². The first-order chi connectivity index (χ1) is 54.3. The topological polar surface area (TPSA) is 252 Å². The van der Waals surface area contributed by atoms with Crippen LogP contribution >= 0.6 is 22.9 Å². The fourth-order valence-corrected chi connectivity index (χ4v) is 16.5. The number of rotatable bonds is 34. The molecule has 592 valence electrons. The number of carbonyl (C=O) groups is 1. The first-order valence-electron chi connectivity index (χ1n) is 36.4. The summed E-state index contributed by atoms with van der Waals surface area (Å²) in [5.74, 6) is 1.19. The van der Waals surface area contributed by atoms with Gasteiger partial charge in [-0.15, -0.1) is 11.3 Å². The van der Waals surface area contributed by atoms with Crippen LogP contribution in [0.5, 0.6) is 40.4 Å². The molecule has 1 aliphatic rings. The summed E-state index contributed by atoms with van der Waals surface area (Å²) in [7, 11) is 2.52. The van der Waals surface area contributed by atoms with E-state index in [1.807, 2.05) is 110 Å². The number of hydrogen-bond acceptors (Lipinski definition) is 22. The quantitative estimate of drug-likeness (QED) is 0.0223. The number of aliphatic carboxylic acids is 1. The second kappa shape index (κ2) is 36.0. The van der Waals surface area contributed by atoms with E-state index in [0.717, 1.165) is 11.1 Å². The highest BCUT2D eigenvalue weighted by molar-refractivity contribution is 7.86. The Morgan fingerprint density at radius 3 is 1.96 bits per heavy atom. The van der Waals surface area contributed by atoms with Gasteiger partial charge in [-0.1, -0.05) is 135 Å². The van der Waals surface area contributed by atoms with Crippen molar-refractivity contribution in [2.24, 2.45) is 0 Å². The van der Waals surface area contributed by atoms with Crippen molar-refractivity contribution in [1.29, 1.82) is 0 Å². The van der Waals surface area contributed by atoms with Gasteiger partial charge < -0.3 is 66.4 Å². The fraction of sp³-hybridized carbons (Fsp3) is 0.314. The summed E-state index contributed by atoms with van der Waals surface area (Å²) >= 11 is 8.85. The number of aromatic nitrogens is 4. The SMILES string of the molecule is COc1ccc(C(OCC(COS(=O)(=O)c2ccc(C)cc2)Oc2ccc(-c3c(-c4ccc(F)cc4)sc4ncnc(OC(Cc5cc(O[Si](C)(C)C(C)(C)C)ccc5OCc5ccnc(-c6cccc(OC[C@H]7O[C@H](OC)[C@@H](OC)[C@@H](OC)[C@@H]7OC)c6)n5)C(=O)O)c34)c(C)c2Cl)(c2ccccc2)c2ccc(OC)cc2)cc1. The van der Waals surface area contributed by atoms with Gasteiger partial charge in [-0.25, -0.2) is 29.1 Å².